The first-order valence-corrected chi connectivity index (χ1v) is 9.98. The number of benzene rings is 1. The van der Waals surface area contributed by atoms with Crippen molar-refractivity contribution >= 4 is 16.9 Å². The minimum Gasteiger partial charge on any atom is -0.493 e. The van der Waals surface area contributed by atoms with E-state index >= 15 is 0 Å². The van der Waals surface area contributed by atoms with Crippen LogP contribution in [0.15, 0.2) is 52.1 Å². The first kappa shape index (κ1) is 19.9. The van der Waals surface area contributed by atoms with E-state index in [1.807, 2.05) is 41.3 Å². The average Bonchev–Trinajstić information content (AvgIpc) is 3.27. The lowest BCUT2D eigenvalue weighted by Crippen LogP contribution is -2.37. The molecule has 3 heterocycles. The Morgan fingerprint density at radius 1 is 1.10 bits per heavy atom. The Kier molecular flexibility index (Phi) is 5.39. The van der Waals surface area contributed by atoms with Crippen molar-refractivity contribution in [3.8, 4) is 5.75 Å². The summed E-state index contributed by atoms with van der Waals surface area (Å²) in [5.41, 5.74) is 0.413. The van der Waals surface area contributed by atoms with Crippen LogP contribution in [0.5, 0.6) is 5.75 Å². The van der Waals surface area contributed by atoms with Gasteiger partial charge in [-0.05, 0) is 30.7 Å². The number of rotatable bonds is 5. The molecular formula is C22H24N4O4. The van der Waals surface area contributed by atoms with E-state index < -0.39 is 5.69 Å². The number of amides is 1. The molecule has 4 rings (SSSR count). The maximum atomic E-state index is 12.5. The lowest BCUT2D eigenvalue weighted by molar-refractivity contribution is -0.130. The Bertz CT molecular complexity index is 1200. The summed E-state index contributed by atoms with van der Waals surface area (Å²) < 4.78 is 8.09. The molecular weight excluding hydrogens is 384 g/mol. The van der Waals surface area contributed by atoms with Crippen molar-refractivity contribution in [3.05, 3.63) is 69.0 Å². The summed E-state index contributed by atoms with van der Waals surface area (Å²) in [5.74, 6) is 0.879. The van der Waals surface area contributed by atoms with E-state index in [1.165, 1.54) is 11.6 Å². The van der Waals surface area contributed by atoms with Gasteiger partial charge in [-0.25, -0.2) is 9.78 Å². The summed E-state index contributed by atoms with van der Waals surface area (Å²) in [5, 5.41) is 0.410. The normalized spacial score (nSPS) is 16.2. The van der Waals surface area contributed by atoms with E-state index in [9.17, 15) is 14.4 Å². The van der Waals surface area contributed by atoms with Crippen LogP contribution < -0.4 is 16.0 Å². The summed E-state index contributed by atoms with van der Waals surface area (Å²) in [4.78, 5) is 43.5. The molecule has 1 aliphatic rings. The van der Waals surface area contributed by atoms with Crippen LogP contribution in [0.2, 0.25) is 0 Å². The molecule has 1 amide bonds. The molecule has 2 aromatic heterocycles. The molecule has 30 heavy (non-hydrogen) atoms. The molecule has 1 saturated heterocycles. The fraction of sp³-hybridized carbons (Fsp3) is 0.364. The third kappa shape index (κ3) is 3.72. The van der Waals surface area contributed by atoms with Gasteiger partial charge in [0.1, 0.15) is 11.4 Å². The number of fused-ring (bicyclic) bond motifs is 1. The number of hydrogen-bond acceptors (Lipinski definition) is 5. The number of hydrogen-bond donors (Lipinski definition) is 0. The molecule has 0 saturated carbocycles. The van der Waals surface area contributed by atoms with Crippen LogP contribution in [0.25, 0.3) is 11.0 Å². The zero-order chi connectivity index (χ0) is 21.3. The van der Waals surface area contributed by atoms with Crippen LogP contribution in [0.4, 0.5) is 0 Å². The van der Waals surface area contributed by atoms with Crippen molar-refractivity contribution < 1.29 is 9.53 Å². The highest BCUT2D eigenvalue weighted by Crippen LogP contribution is 2.27. The summed E-state index contributed by atoms with van der Waals surface area (Å²) in [6, 6.07) is 13.0. The Hall–Kier alpha value is -3.42. The summed E-state index contributed by atoms with van der Waals surface area (Å²) >= 11 is 0. The lowest BCUT2D eigenvalue weighted by atomic mass is 10.0. The van der Waals surface area contributed by atoms with Gasteiger partial charge in [-0.1, -0.05) is 18.2 Å². The van der Waals surface area contributed by atoms with Gasteiger partial charge in [-0.2, -0.15) is 0 Å². The Morgan fingerprint density at radius 2 is 1.87 bits per heavy atom. The Morgan fingerprint density at radius 3 is 2.63 bits per heavy atom. The van der Waals surface area contributed by atoms with Crippen molar-refractivity contribution in [2.24, 2.45) is 14.1 Å². The second-order valence-electron chi connectivity index (χ2n) is 7.55. The smallest absolute Gasteiger partial charge is 0.332 e. The monoisotopic (exact) mass is 408 g/mol. The van der Waals surface area contributed by atoms with Crippen LogP contribution >= 0.6 is 0 Å². The lowest BCUT2D eigenvalue weighted by Gasteiger charge is -2.17. The number of ether oxygens (including phenoxy) is 1. The van der Waals surface area contributed by atoms with Gasteiger partial charge in [0.2, 0.25) is 5.91 Å². The number of aryl methyl sites for hydroxylation is 1. The zero-order valence-corrected chi connectivity index (χ0v) is 17.1. The van der Waals surface area contributed by atoms with Gasteiger partial charge in [0, 0.05) is 38.8 Å². The maximum Gasteiger partial charge on any atom is 0.332 e. The number of carbonyl (C=O) groups is 1. The van der Waals surface area contributed by atoms with Crippen molar-refractivity contribution in [1.82, 2.24) is 19.0 Å². The molecule has 1 aliphatic heterocycles. The molecule has 0 spiro atoms. The molecule has 0 bridgehead atoms. The largest absolute Gasteiger partial charge is 0.493 e. The number of pyridine rings is 1. The van der Waals surface area contributed by atoms with Crippen molar-refractivity contribution in [2.45, 2.75) is 18.8 Å². The van der Waals surface area contributed by atoms with Crippen molar-refractivity contribution in [3.63, 3.8) is 0 Å². The topological polar surface area (TPSA) is 86.4 Å². The molecule has 156 valence electrons. The first-order valence-electron chi connectivity index (χ1n) is 9.98. The molecule has 0 N–H and O–H groups in total. The number of carbonyl (C=O) groups excluding carboxylic acids is 1. The highest BCUT2D eigenvalue weighted by molar-refractivity contribution is 5.77. The molecule has 0 radical (unpaired) electrons. The quantitative estimate of drug-likeness (QED) is 0.637. The molecule has 1 atom stereocenters. The van der Waals surface area contributed by atoms with Gasteiger partial charge in [0.15, 0.2) is 0 Å². The number of nitrogens with zero attached hydrogens (tertiary/aromatic N) is 4. The molecule has 0 aliphatic carbocycles. The van der Waals surface area contributed by atoms with Gasteiger partial charge in [0.25, 0.3) is 5.56 Å². The second-order valence-corrected chi connectivity index (χ2v) is 7.55. The molecule has 8 nitrogen and oxygen atoms in total. The zero-order valence-electron chi connectivity index (χ0n) is 17.1. The predicted octanol–water partition coefficient (Wildman–Crippen LogP) is 1.42. The van der Waals surface area contributed by atoms with Gasteiger partial charge >= 0.3 is 5.69 Å². The van der Waals surface area contributed by atoms with E-state index in [2.05, 4.69) is 4.98 Å². The van der Waals surface area contributed by atoms with Crippen molar-refractivity contribution in [2.75, 3.05) is 19.7 Å². The first-order chi connectivity index (χ1) is 14.5. The Labute approximate surface area is 173 Å². The van der Waals surface area contributed by atoms with Crippen LogP contribution in [0.3, 0.4) is 0 Å². The predicted molar refractivity (Wildman–Crippen MR) is 113 cm³/mol. The minimum atomic E-state index is -0.404. The summed E-state index contributed by atoms with van der Waals surface area (Å²) in [6.45, 7) is 1.56. The van der Waals surface area contributed by atoms with Gasteiger partial charge in [-0.15, -0.1) is 0 Å². The molecule has 3 aromatic rings. The summed E-state index contributed by atoms with van der Waals surface area (Å²) in [7, 11) is 3.07. The molecule has 1 unspecified atom stereocenters. The fourth-order valence-corrected chi connectivity index (χ4v) is 3.86. The average molecular weight is 408 g/mol. The third-order valence-corrected chi connectivity index (χ3v) is 5.61. The van der Waals surface area contributed by atoms with E-state index in [4.69, 9.17) is 4.74 Å². The van der Waals surface area contributed by atoms with Crippen molar-refractivity contribution in [1.29, 1.82) is 0 Å². The number of likely N-dealkylation sites (tertiary alicyclic amines) is 1. The standard InChI is InChI=1S/C22H24N4O4/c1-24-20-17(21(28)25(2)22(24)29)8-9-18(23-20)15-10-12-26(14-15)19(27)11-13-30-16-6-4-3-5-7-16/h3-9,15H,10-14H2,1-2H3. The van der Waals surface area contributed by atoms with Crippen LogP contribution in [0.1, 0.15) is 24.5 Å². The molecule has 1 aromatic carbocycles. The number of para-hydroxylation sites is 1. The van der Waals surface area contributed by atoms with Gasteiger partial charge in [0.05, 0.1) is 18.4 Å². The van der Waals surface area contributed by atoms with Crippen LogP contribution in [0, 0.1) is 0 Å². The van der Waals surface area contributed by atoms with Crippen LogP contribution in [-0.4, -0.2) is 44.6 Å². The fourth-order valence-electron chi connectivity index (χ4n) is 3.86. The van der Waals surface area contributed by atoms with Crippen LogP contribution in [-0.2, 0) is 18.9 Å². The minimum absolute atomic E-state index is 0.0514. The molecule has 8 heteroatoms. The highest BCUT2D eigenvalue weighted by Gasteiger charge is 2.28. The SMILES string of the molecule is Cn1c(=O)c2ccc(C3CCN(C(=O)CCOc4ccccc4)C3)nc2n(C)c1=O. The van der Waals surface area contributed by atoms with Gasteiger partial charge in [-0.3, -0.25) is 18.7 Å². The van der Waals surface area contributed by atoms with E-state index in [0.717, 1.165) is 22.4 Å². The van der Waals surface area contributed by atoms with Gasteiger partial charge < -0.3 is 9.64 Å². The summed E-state index contributed by atoms with van der Waals surface area (Å²) in [6.07, 6.45) is 1.11. The van der Waals surface area contributed by atoms with E-state index in [-0.39, 0.29) is 17.4 Å². The number of aromatic nitrogens is 3. The Balaban J connectivity index is 1.44. The van der Waals surface area contributed by atoms with E-state index in [0.29, 0.717) is 37.2 Å². The maximum absolute atomic E-state index is 12.5. The third-order valence-electron chi connectivity index (χ3n) is 5.61. The van der Waals surface area contributed by atoms with E-state index in [1.54, 1.807) is 13.1 Å². The second kappa shape index (κ2) is 8.14. The molecule has 1 fully saturated rings. The highest BCUT2D eigenvalue weighted by atomic mass is 16.5.